The summed E-state index contributed by atoms with van der Waals surface area (Å²) in [5.74, 6) is 0.542. The molecule has 3 saturated heterocycles. The quantitative estimate of drug-likeness (QED) is 0.770. The molecule has 1 amide bonds. The highest BCUT2D eigenvalue weighted by atomic mass is 16.5. The molecule has 0 saturated carbocycles. The zero-order chi connectivity index (χ0) is 17.9. The number of fused-ring (bicyclic) bond motifs is 1. The summed E-state index contributed by atoms with van der Waals surface area (Å²) < 4.78 is 6.22. The Morgan fingerprint density at radius 1 is 1.42 bits per heavy atom. The topological polar surface area (TPSA) is 104 Å². The Kier molecular flexibility index (Phi) is 3.39. The lowest BCUT2D eigenvalue weighted by atomic mass is 9.74. The SMILES string of the molecule is Nc1n[nH]c(C(=O)N2C[C@H]3[C@@H](CO)[C@@H]4CC[C@@]3(C2)O4)c1-c1ccccc1. The zero-order valence-electron chi connectivity index (χ0n) is 14.4. The molecule has 1 spiro atoms. The van der Waals surface area contributed by atoms with E-state index in [0.29, 0.717) is 30.2 Å². The molecule has 3 aliphatic heterocycles. The maximum atomic E-state index is 13.2. The molecule has 2 aromatic rings. The summed E-state index contributed by atoms with van der Waals surface area (Å²) in [5.41, 5.74) is 7.68. The number of nitrogens with zero attached hydrogens (tertiary/aromatic N) is 2. The average Bonchev–Trinajstić information content (AvgIpc) is 3.39. The minimum atomic E-state index is -0.286. The molecule has 7 heteroatoms. The van der Waals surface area contributed by atoms with Gasteiger partial charge in [0.2, 0.25) is 0 Å². The molecule has 5 rings (SSSR count). The number of benzene rings is 1. The number of ether oxygens (including phenoxy) is 1. The number of hydrogen-bond acceptors (Lipinski definition) is 5. The number of nitrogen functional groups attached to an aromatic ring is 1. The lowest BCUT2D eigenvalue weighted by Crippen LogP contribution is -2.38. The van der Waals surface area contributed by atoms with E-state index in [2.05, 4.69) is 10.2 Å². The lowest BCUT2D eigenvalue weighted by molar-refractivity contribution is 0.00149. The van der Waals surface area contributed by atoms with Gasteiger partial charge in [-0.3, -0.25) is 9.89 Å². The number of carbonyl (C=O) groups is 1. The number of anilines is 1. The van der Waals surface area contributed by atoms with Gasteiger partial charge in [-0.05, 0) is 18.4 Å². The van der Waals surface area contributed by atoms with E-state index < -0.39 is 0 Å². The van der Waals surface area contributed by atoms with Gasteiger partial charge in [-0.15, -0.1) is 0 Å². The Hall–Kier alpha value is -2.38. The number of aromatic nitrogens is 2. The molecule has 4 atom stereocenters. The average molecular weight is 354 g/mol. The highest BCUT2D eigenvalue weighted by Gasteiger charge is 2.63. The number of nitrogens with two attached hydrogens (primary N) is 1. The minimum Gasteiger partial charge on any atom is -0.396 e. The fraction of sp³-hybridized carbons (Fsp3) is 0.474. The molecule has 2 bridgehead atoms. The second-order valence-corrected chi connectivity index (χ2v) is 7.62. The van der Waals surface area contributed by atoms with E-state index in [1.54, 1.807) is 0 Å². The van der Waals surface area contributed by atoms with Crippen molar-refractivity contribution in [1.29, 1.82) is 0 Å². The van der Waals surface area contributed by atoms with Gasteiger partial charge in [0, 0.05) is 25.0 Å². The van der Waals surface area contributed by atoms with Crippen molar-refractivity contribution in [2.24, 2.45) is 11.8 Å². The number of amides is 1. The number of nitrogens with one attached hydrogen (secondary N) is 1. The first kappa shape index (κ1) is 15.8. The van der Waals surface area contributed by atoms with Crippen LogP contribution in [0.4, 0.5) is 5.82 Å². The summed E-state index contributed by atoms with van der Waals surface area (Å²) in [6.45, 7) is 1.29. The van der Waals surface area contributed by atoms with Gasteiger partial charge < -0.3 is 20.5 Å². The predicted molar refractivity (Wildman–Crippen MR) is 95.2 cm³/mol. The van der Waals surface area contributed by atoms with Crippen LogP contribution in [-0.4, -0.2) is 57.5 Å². The van der Waals surface area contributed by atoms with Crippen molar-refractivity contribution in [3.05, 3.63) is 36.0 Å². The van der Waals surface area contributed by atoms with Gasteiger partial charge in [-0.25, -0.2) is 0 Å². The number of hydrogen-bond donors (Lipinski definition) is 3. The predicted octanol–water partition coefficient (Wildman–Crippen LogP) is 1.27. The molecule has 4 N–H and O–H groups in total. The van der Waals surface area contributed by atoms with Crippen molar-refractivity contribution in [1.82, 2.24) is 15.1 Å². The van der Waals surface area contributed by atoms with Gasteiger partial charge in [0.25, 0.3) is 5.91 Å². The molecule has 7 nitrogen and oxygen atoms in total. The fourth-order valence-electron chi connectivity index (χ4n) is 5.16. The Labute approximate surface area is 151 Å². The van der Waals surface area contributed by atoms with Crippen molar-refractivity contribution in [3.63, 3.8) is 0 Å². The van der Waals surface area contributed by atoms with Gasteiger partial charge in [-0.2, -0.15) is 5.10 Å². The van der Waals surface area contributed by atoms with Crippen LogP contribution in [0, 0.1) is 11.8 Å². The summed E-state index contributed by atoms with van der Waals surface area (Å²) in [4.78, 5) is 15.1. The highest BCUT2D eigenvalue weighted by Crippen LogP contribution is 2.54. The third-order valence-electron chi connectivity index (χ3n) is 6.35. The van der Waals surface area contributed by atoms with Crippen LogP contribution in [0.2, 0.25) is 0 Å². The van der Waals surface area contributed by atoms with Gasteiger partial charge in [0.05, 0.1) is 23.8 Å². The van der Waals surface area contributed by atoms with Crippen LogP contribution < -0.4 is 5.73 Å². The van der Waals surface area contributed by atoms with Crippen molar-refractivity contribution >= 4 is 11.7 Å². The van der Waals surface area contributed by atoms with Crippen molar-refractivity contribution in [2.75, 3.05) is 25.4 Å². The van der Waals surface area contributed by atoms with Crippen molar-refractivity contribution < 1.29 is 14.6 Å². The normalized spacial score (nSPS) is 32.2. The Bertz CT molecular complexity index is 852. The molecule has 136 valence electrons. The molecule has 3 aliphatic rings. The minimum absolute atomic E-state index is 0.111. The second kappa shape index (κ2) is 5.56. The number of aliphatic hydroxyl groups is 1. The van der Waals surface area contributed by atoms with Crippen LogP contribution in [0.5, 0.6) is 0 Å². The van der Waals surface area contributed by atoms with E-state index in [4.69, 9.17) is 10.5 Å². The Balaban J connectivity index is 1.46. The lowest BCUT2D eigenvalue weighted by Gasteiger charge is -2.27. The first-order chi connectivity index (χ1) is 12.6. The van der Waals surface area contributed by atoms with E-state index in [9.17, 15) is 9.90 Å². The maximum Gasteiger partial charge on any atom is 0.272 e. The standard InChI is InChI=1S/C19H22N4O3/c20-17-15(11-4-2-1-3-5-11)16(21-22-17)18(25)23-8-13-12(9-24)14-6-7-19(13,10-23)26-14/h1-5,12-14,24H,6-10H2,(H3,20,21,22)/t12-,13+,14+,19+/m1/s1. The summed E-state index contributed by atoms with van der Waals surface area (Å²) >= 11 is 0. The summed E-state index contributed by atoms with van der Waals surface area (Å²) in [6, 6.07) is 9.58. The van der Waals surface area contributed by atoms with Gasteiger partial charge >= 0.3 is 0 Å². The molecular formula is C19H22N4O3. The van der Waals surface area contributed by atoms with Crippen LogP contribution >= 0.6 is 0 Å². The molecule has 1 aromatic carbocycles. The number of aromatic amines is 1. The van der Waals surface area contributed by atoms with Crippen LogP contribution in [-0.2, 0) is 4.74 Å². The van der Waals surface area contributed by atoms with Crippen LogP contribution in [0.3, 0.4) is 0 Å². The molecule has 0 radical (unpaired) electrons. The van der Waals surface area contributed by atoms with Crippen molar-refractivity contribution in [2.45, 2.75) is 24.5 Å². The molecule has 26 heavy (non-hydrogen) atoms. The van der Waals surface area contributed by atoms with Crippen LogP contribution in [0.25, 0.3) is 11.1 Å². The van der Waals surface area contributed by atoms with Crippen molar-refractivity contribution in [3.8, 4) is 11.1 Å². The highest BCUT2D eigenvalue weighted by molar-refractivity contribution is 6.01. The van der Waals surface area contributed by atoms with Crippen LogP contribution in [0.15, 0.2) is 30.3 Å². The molecule has 0 aliphatic carbocycles. The molecule has 0 unspecified atom stereocenters. The van der Waals surface area contributed by atoms with E-state index in [0.717, 1.165) is 18.4 Å². The summed E-state index contributed by atoms with van der Waals surface area (Å²) in [6.07, 6.45) is 2.07. The smallest absolute Gasteiger partial charge is 0.272 e. The Morgan fingerprint density at radius 3 is 3.00 bits per heavy atom. The third kappa shape index (κ3) is 2.07. The van der Waals surface area contributed by atoms with E-state index in [1.165, 1.54) is 0 Å². The van der Waals surface area contributed by atoms with Gasteiger partial charge in [0.15, 0.2) is 5.82 Å². The molecule has 4 heterocycles. The summed E-state index contributed by atoms with van der Waals surface area (Å²) in [5, 5.41) is 16.6. The van der Waals surface area contributed by atoms with E-state index >= 15 is 0 Å². The fourth-order valence-corrected chi connectivity index (χ4v) is 5.16. The zero-order valence-corrected chi connectivity index (χ0v) is 14.4. The maximum absolute atomic E-state index is 13.2. The first-order valence-corrected chi connectivity index (χ1v) is 9.10. The number of aliphatic hydroxyl groups excluding tert-OH is 1. The molecule has 3 fully saturated rings. The van der Waals surface area contributed by atoms with E-state index in [1.807, 2.05) is 35.2 Å². The number of H-pyrrole nitrogens is 1. The van der Waals surface area contributed by atoms with Crippen LogP contribution in [0.1, 0.15) is 23.3 Å². The largest absolute Gasteiger partial charge is 0.396 e. The monoisotopic (exact) mass is 354 g/mol. The van der Waals surface area contributed by atoms with E-state index in [-0.39, 0.29) is 36.1 Å². The van der Waals surface area contributed by atoms with Gasteiger partial charge in [0.1, 0.15) is 5.69 Å². The molecular weight excluding hydrogens is 332 g/mol. The Morgan fingerprint density at radius 2 is 2.23 bits per heavy atom. The van der Waals surface area contributed by atoms with Gasteiger partial charge in [-0.1, -0.05) is 30.3 Å². The number of rotatable bonds is 3. The third-order valence-corrected chi connectivity index (χ3v) is 6.35. The first-order valence-electron chi connectivity index (χ1n) is 9.10. The number of likely N-dealkylation sites (tertiary alicyclic amines) is 1. The number of carbonyl (C=O) groups excluding carboxylic acids is 1. The second-order valence-electron chi connectivity index (χ2n) is 7.62. The summed E-state index contributed by atoms with van der Waals surface area (Å²) in [7, 11) is 0. The molecule has 1 aromatic heterocycles.